The molecule has 0 aliphatic heterocycles. The van der Waals surface area contributed by atoms with E-state index in [9.17, 15) is 18.0 Å². The third-order valence-electron chi connectivity index (χ3n) is 4.39. The summed E-state index contributed by atoms with van der Waals surface area (Å²) in [6.07, 6.45) is 0.505. The van der Waals surface area contributed by atoms with E-state index in [1.54, 1.807) is 31.2 Å². The number of rotatable bonds is 9. The van der Waals surface area contributed by atoms with Crippen LogP contribution in [0.25, 0.3) is 0 Å². The number of amides is 2. The Morgan fingerprint density at radius 2 is 1.60 bits per heavy atom. The molecule has 10 heteroatoms. The van der Waals surface area contributed by atoms with Crippen LogP contribution in [0.2, 0.25) is 10.0 Å². The largest absolute Gasteiger partial charge is 0.354 e. The smallest absolute Gasteiger partial charge is 0.241 e. The molecule has 0 aromatic heterocycles. The molecule has 0 aliphatic carbocycles. The molecule has 0 saturated heterocycles. The average Bonchev–Trinajstić information content (AvgIpc) is 2.68. The number of halogens is 2. The van der Waals surface area contributed by atoms with Crippen molar-refractivity contribution in [1.29, 1.82) is 0 Å². The van der Waals surface area contributed by atoms with Crippen molar-refractivity contribution in [1.82, 2.24) is 15.4 Å². The maximum Gasteiger partial charge on any atom is 0.241 e. The minimum atomic E-state index is -3.82. The lowest BCUT2D eigenvalue weighted by Gasteiger charge is -2.10. The summed E-state index contributed by atoms with van der Waals surface area (Å²) in [7, 11) is -3.82. The van der Waals surface area contributed by atoms with Crippen molar-refractivity contribution in [2.24, 2.45) is 0 Å². The van der Waals surface area contributed by atoms with Crippen LogP contribution in [0.15, 0.2) is 41.3 Å². The van der Waals surface area contributed by atoms with Gasteiger partial charge in [0, 0.05) is 16.6 Å². The average molecular weight is 472 g/mol. The molecule has 0 radical (unpaired) electrons. The van der Waals surface area contributed by atoms with Crippen LogP contribution in [-0.2, 0) is 26.0 Å². The Labute approximate surface area is 186 Å². The summed E-state index contributed by atoms with van der Waals surface area (Å²) in [5, 5.41) is 6.07. The van der Waals surface area contributed by atoms with E-state index in [1.165, 1.54) is 12.1 Å². The third-order valence-corrected chi connectivity index (χ3v) is 6.38. The van der Waals surface area contributed by atoms with E-state index < -0.39 is 28.4 Å². The highest BCUT2D eigenvalue weighted by molar-refractivity contribution is 7.89. The van der Waals surface area contributed by atoms with Gasteiger partial charge in [-0.2, -0.15) is 0 Å². The van der Waals surface area contributed by atoms with Crippen molar-refractivity contribution < 1.29 is 18.0 Å². The van der Waals surface area contributed by atoms with E-state index >= 15 is 0 Å². The number of nitrogens with one attached hydrogen (secondary N) is 3. The first-order valence-corrected chi connectivity index (χ1v) is 11.4. The van der Waals surface area contributed by atoms with Gasteiger partial charge in [-0.15, -0.1) is 0 Å². The highest BCUT2D eigenvalue weighted by Crippen LogP contribution is 2.21. The van der Waals surface area contributed by atoms with Gasteiger partial charge in [-0.25, -0.2) is 13.1 Å². The molecular formula is C20H23Cl2N3O4S. The zero-order chi connectivity index (χ0) is 22.3. The highest BCUT2D eigenvalue weighted by atomic mass is 35.5. The summed E-state index contributed by atoms with van der Waals surface area (Å²) in [6.45, 7) is 3.28. The quantitative estimate of drug-likeness (QED) is 0.521. The fraction of sp³-hybridized carbons (Fsp3) is 0.300. The van der Waals surface area contributed by atoms with Gasteiger partial charge in [0.2, 0.25) is 21.8 Å². The Balaban J connectivity index is 1.73. The van der Waals surface area contributed by atoms with Crippen LogP contribution in [0.3, 0.4) is 0 Å². The molecular weight excluding hydrogens is 449 g/mol. The second-order valence-corrected chi connectivity index (χ2v) is 9.29. The van der Waals surface area contributed by atoms with Gasteiger partial charge >= 0.3 is 0 Å². The number of sulfonamides is 1. The number of hydrogen-bond donors (Lipinski definition) is 3. The summed E-state index contributed by atoms with van der Waals surface area (Å²) in [5.41, 5.74) is 2.64. The molecule has 0 fully saturated rings. The topological polar surface area (TPSA) is 104 Å². The molecule has 0 heterocycles. The first-order chi connectivity index (χ1) is 14.1. The molecule has 7 nitrogen and oxygen atoms in total. The van der Waals surface area contributed by atoms with Crippen LogP contribution in [0.1, 0.15) is 16.7 Å². The van der Waals surface area contributed by atoms with Crippen molar-refractivity contribution in [2.75, 3.05) is 19.6 Å². The van der Waals surface area contributed by atoms with Crippen molar-refractivity contribution in [3.8, 4) is 0 Å². The molecule has 0 aliphatic rings. The Hall–Kier alpha value is -2.13. The van der Waals surface area contributed by atoms with Gasteiger partial charge < -0.3 is 10.6 Å². The second kappa shape index (κ2) is 10.8. The minimum Gasteiger partial charge on any atom is -0.354 e. The van der Waals surface area contributed by atoms with Crippen LogP contribution in [0.5, 0.6) is 0 Å². The first-order valence-electron chi connectivity index (χ1n) is 9.13. The van der Waals surface area contributed by atoms with E-state index in [4.69, 9.17) is 23.2 Å². The zero-order valence-corrected chi connectivity index (χ0v) is 18.9. The van der Waals surface area contributed by atoms with Crippen molar-refractivity contribution in [3.63, 3.8) is 0 Å². The van der Waals surface area contributed by atoms with E-state index in [2.05, 4.69) is 15.4 Å². The SMILES string of the molecule is Cc1ccc(S(=O)(=O)NCC(=O)NCC(=O)NCCc2ccc(Cl)cc2Cl)cc1C. The summed E-state index contributed by atoms with van der Waals surface area (Å²) < 4.78 is 26.8. The lowest BCUT2D eigenvalue weighted by Crippen LogP contribution is -2.42. The van der Waals surface area contributed by atoms with E-state index in [-0.39, 0.29) is 11.4 Å². The molecule has 0 unspecified atom stereocenters. The van der Waals surface area contributed by atoms with Crippen LogP contribution in [0, 0.1) is 13.8 Å². The molecule has 0 saturated carbocycles. The van der Waals surface area contributed by atoms with Crippen molar-refractivity contribution >= 4 is 45.0 Å². The number of aryl methyl sites for hydroxylation is 2. The van der Waals surface area contributed by atoms with Gasteiger partial charge in [0.05, 0.1) is 18.0 Å². The van der Waals surface area contributed by atoms with E-state index in [0.29, 0.717) is 23.0 Å². The lowest BCUT2D eigenvalue weighted by atomic mass is 10.1. The molecule has 0 bridgehead atoms. The van der Waals surface area contributed by atoms with Gasteiger partial charge in [-0.1, -0.05) is 35.3 Å². The highest BCUT2D eigenvalue weighted by Gasteiger charge is 2.16. The monoisotopic (exact) mass is 471 g/mol. The molecule has 2 aromatic rings. The summed E-state index contributed by atoms with van der Waals surface area (Å²) in [6, 6.07) is 9.83. The summed E-state index contributed by atoms with van der Waals surface area (Å²) in [4.78, 5) is 23.8. The number of hydrogen-bond acceptors (Lipinski definition) is 4. The Morgan fingerprint density at radius 3 is 2.27 bits per heavy atom. The standard InChI is InChI=1S/C20H23Cl2N3O4S/c1-13-3-6-17(9-14(13)2)30(28,29)25-12-20(27)24-11-19(26)23-8-7-15-4-5-16(21)10-18(15)22/h3-6,9-10,25H,7-8,11-12H2,1-2H3,(H,23,26)(H,24,27). The molecule has 2 rings (SSSR count). The Kier molecular flexibility index (Phi) is 8.66. The molecule has 30 heavy (non-hydrogen) atoms. The Morgan fingerprint density at radius 1 is 0.900 bits per heavy atom. The van der Waals surface area contributed by atoms with Crippen LogP contribution >= 0.6 is 23.2 Å². The maximum absolute atomic E-state index is 12.3. The fourth-order valence-electron chi connectivity index (χ4n) is 2.49. The van der Waals surface area contributed by atoms with Crippen LogP contribution < -0.4 is 15.4 Å². The predicted octanol–water partition coefficient (Wildman–Crippen LogP) is 2.36. The first kappa shape index (κ1) is 24.1. The van der Waals surface area contributed by atoms with E-state index in [1.807, 2.05) is 6.92 Å². The maximum atomic E-state index is 12.3. The normalized spacial score (nSPS) is 11.2. The summed E-state index contributed by atoms with van der Waals surface area (Å²) >= 11 is 11.9. The number of carbonyl (C=O) groups excluding carboxylic acids is 2. The third kappa shape index (κ3) is 7.28. The molecule has 2 aromatic carbocycles. The fourth-order valence-corrected chi connectivity index (χ4v) is 4.06. The summed E-state index contributed by atoms with van der Waals surface area (Å²) in [5.74, 6) is -1.01. The predicted molar refractivity (Wildman–Crippen MR) is 117 cm³/mol. The number of benzene rings is 2. The van der Waals surface area contributed by atoms with Crippen LogP contribution in [0.4, 0.5) is 0 Å². The van der Waals surface area contributed by atoms with Gasteiger partial charge in [0.25, 0.3) is 0 Å². The second-order valence-electron chi connectivity index (χ2n) is 6.68. The molecule has 0 spiro atoms. The number of carbonyl (C=O) groups is 2. The molecule has 162 valence electrons. The van der Waals surface area contributed by atoms with Gasteiger partial charge in [-0.3, -0.25) is 9.59 Å². The molecule has 2 amide bonds. The zero-order valence-electron chi connectivity index (χ0n) is 16.6. The van der Waals surface area contributed by atoms with Gasteiger partial charge in [-0.05, 0) is 61.2 Å². The van der Waals surface area contributed by atoms with Gasteiger partial charge in [0.1, 0.15) is 0 Å². The Bertz CT molecular complexity index is 1040. The van der Waals surface area contributed by atoms with Crippen molar-refractivity contribution in [2.45, 2.75) is 25.2 Å². The minimum absolute atomic E-state index is 0.0806. The van der Waals surface area contributed by atoms with Gasteiger partial charge in [0.15, 0.2) is 0 Å². The van der Waals surface area contributed by atoms with E-state index in [0.717, 1.165) is 16.7 Å². The molecule has 0 atom stereocenters. The molecule has 3 N–H and O–H groups in total. The van der Waals surface area contributed by atoms with Crippen molar-refractivity contribution in [3.05, 3.63) is 63.1 Å². The van der Waals surface area contributed by atoms with Crippen LogP contribution in [-0.4, -0.2) is 39.9 Å². The lowest BCUT2D eigenvalue weighted by molar-refractivity contribution is -0.125.